The van der Waals surface area contributed by atoms with Crippen LogP contribution in [-0.2, 0) is 6.54 Å². The number of aromatic nitrogens is 1. The molecule has 0 aliphatic heterocycles. The van der Waals surface area contributed by atoms with Crippen molar-refractivity contribution in [2.45, 2.75) is 32.2 Å². The molecule has 5 rings (SSSR count). The van der Waals surface area contributed by atoms with Crippen LogP contribution in [0.4, 0.5) is 0 Å². The third-order valence-electron chi connectivity index (χ3n) is 6.03. The summed E-state index contributed by atoms with van der Waals surface area (Å²) in [6.45, 7) is 3.16. The first-order valence-electron chi connectivity index (χ1n) is 10.9. The summed E-state index contributed by atoms with van der Waals surface area (Å²) in [5, 5.41) is 12.2. The van der Waals surface area contributed by atoms with Crippen molar-refractivity contribution < 1.29 is 4.42 Å². The number of hydrogen-bond acceptors (Lipinski definition) is 2. The Bertz CT molecular complexity index is 1390. The minimum absolute atomic E-state index is 0.0937. The predicted molar refractivity (Wildman–Crippen MR) is 125 cm³/mol. The van der Waals surface area contributed by atoms with E-state index in [1.807, 2.05) is 24.3 Å². The van der Waals surface area contributed by atoms with Crippen LogP contribution >= 0.6 is 0 Å². The lowest BCUT2D eigenvalue weighted by molar-refractivity contribution is 0.586. The number of furan rings is 1. The second kappa shape index (κ2) is 8.16. The molecular weight excluding hydrogens is 380 g/mol. The summed E-state index contributed by atoms with van der Waals surface area (Å²) in [7, 11) is 0. The Morgan fingerprint density at radius 1 is 0.935 bits per heavy atom. The maximum absolute atomic E-state index is 9.96. The largest absolute Gasteiger partial charge is 0.445 e. The fraction of sp³-hybridized carbons (Fsp3) is 0.179. The van der Waals surface area contributed by atoms with Gasteiger partial charge in [0.1, 0.15) is 11.7 Å². The van der Waals surface area contributed by atoms with Crippen molar-refractivity contribution in [3.8, 4) is 6.07 Å². The summed E-state index contributed by atoms with van der Waals surface area (Å²) in [5.41, 5.74) is 5.30. The predicted octanol–water partition coefficient (Wildman–Crippen LogP) is 7.24. The van der Waals surface area contributed by atoms with Crippen molar-refractivity contribution in [1.29, 1.82) is 5.26 Å². The Kier molecular flexibility index (Phi) is 5.06. The standard InChI is InChI=1S/C28H24N2O/c1-2-3-17-30-23-15-9-7-13-21(23)18-24(30)27(20-11-5-4-6-12-20)28-22-14-8-10-16-25(22)31-26(28)19-29/h4-16,18,27H,2-3,17H2,1H3. The molecule has 3 aromatic carbocycles. The molecule has 1 atom stereocenters. The minimum atomic E-state index is -0.0937. The maximum Gasteiger partial charge on any atom is 0.208 e. The fourth-order valence-electron chi connectivity index (χ4n) is 4.60. The van der Waals surface area contributed by atoms with Crippen LogP contribution in [0.15, 0.2) is 89.3 Å². The topological polar surface area (TPSA) is 41.9 Å². The van der Waals surface area contributed by atoms with Crippen molar-refractivity contribution in [2.75, 3.05) is 0 Å². The van der Waals surface area contributed by atoms with Crippen LogP contribution in [0.2, 0.25) is 0 Å². The third-order valence-corrected chi connectivity index (χ3v) is 6.03. The van der Waals surface area contributed by atoms with Gasteiger partial charge in [0.2, 0.25) is 5.76 Å². The van der Waals surface area contributed by atoms with Crippen molar-refractivity contribution in [3.63, 3.8) is 0 Å². The number of nitriles is 1. The van der Waals surface area contributed by atoms with Gasteiger partial charge in [0.05, 0.1) is 5.92 Å². The number of benzene rings is 3. The van der Waals surface area contributed by atoms with Gasteiger partial charge >= 0.3 is 0 Å². The Morgan fingerprint density at radius 3 is 2.48 bits per heavy atom. The number of rotatable bonds is 6. The SMILES string of the molecule is CCCCn1c(C(c2ccccc2)c2c(C#N)oc3ccccc23)cc2ccccc21. The molecule has 0 N–H and O–H groups in total. The van der Waals surface area contributed by atoms with E-state index in [1.165, 1.54) is 16.6 Å². The lowest BCUT2D eigenvalue weighted by Gasteiger charge is -2.21. The maximum atomic E-state index is 9.96. The first-order valence-corrected chi connectivity index (χ1v) is 10.9. The highest BCUT2D eigenvalue weighted by atomic mass is 16.3. The number of aryl methyl sites for hydroxylation is 1. The van der Waals surface area contributed by atoms with Gasteiger partial charge in [0.15, 0.2) is 0 Å². The number of para-hydroxylation sites is 2. The zero-order chi connectivity index (χ0) is 21.2. The van der Waals surface area contributed by atoms with E-state index < -0.39 is 0 Å². The molecule has 0 saturated carbocycles. The monoisotopic (exact) mass is 404 g/mol. The molecule has 3 heteroatoms. The molecule has 31 heavy (non-hydrogen) atoms. The van der Waals surface area contributed by atoms with Gasteiger partial charge in [-0.15, -0.1) is 0 Å². The van der Waals surface area contributed by atoms with E-state index in [9.17, 15) is 5.26 Å². The molecule has 2 aromatic heterocycles. The van der Waals surface area contributed by atoms with Crippen LogP contribution in [0.3, 0.4) is 0 Å². The summed E-state index contributed by atoms with van der Waals surface area (Å²) in [6, 6.07) is 31.6. The van der Waals surface area contributed by atoms with Gasteiger partial charge in [-0.3, -0.25) is 0 Å². The van der Waals surface area contributed by atoms with Gasteiger partial charge in [0, 0.05) is 28.7 Å². The molecule has 0 amide bonds. The Hall–Kier alpha value is -3.77. The van der Waals surface area contributed by atoms with Crippen molar-refractivity contribution in [3.05, 3.63) is 108 Å². The fourth-order valence-corrected chi connectivity index (χ4v) is 4.60. The molecule has 0 aliphatic rings. The lowest BCUT2D eigenvalue weighted by atomic mass is 9.86. The van der Waals surface area contributed by atoms with Crippen LogP contribution in [-0.4, -0.2) is 4.57 Å². The average Bonchev–Trinajstić information content (AvgIpc) is 3.37. The summed E-state index contributed by atoms with van der Waals surface area (Å²) < 4.78 is 8.43. The zero-order valence-electron chi connectivity index (χ0n) is 17.6. The highest BCUT2D eigenvalue weighted by Crippen LogP contribution is 2.41. The van der Waals surface area contributed by atoms with E-state index in [1.54, 1.807) is 0 Å². The Labute approximate surface area is 182 Å². The molecule has 0 fully saturated rings. The molecule has 0 bridgehead atoms. The van der Waals surface area contributed by atoms with E-state index in [-0.39, 0.29) is 5.92 Å². The number of hydrogen-bond donors (Lipinski definition) is 0. The van der Waals surface area contributed by atoms with E-state index in [4.69, 9.17) is 4.42 Å². The molecule has 1 unspecified atom stereocenters. The molecule has 0 radical (unpaired) electrons. The van der Waals surface area contributed by atoms with E-state index in [0.717, 1.165) is 41.5 Å². The highest BCUT2D eigenvalue weighted by Gasteiger charge is 2.29. The average molecular weight is 405 g/mol. The van der Waals surface area contributed by atoms with Crippen molar-refractivity contribution in [2.24, 2.45) is 0 Å². The van der Waals surface area contributed by atoms with Gasteiger partial charge in [-0.25, -0.2) is 0 Å². The van der Waals surface area contributed by atoms with Gasteiger partial charge in [-0.05, 0) is 35.6 Å². The molecule has 5 aromatic rings. The highest BCUT2D eigenvalue weighted by molar-refractivity contribution is 5.87. The molecule has 0 saturated heterocycles. The van der Waals surface area contributed by atoms with Crippen molar-refractivity contribution in [1.82, 2.24) is 4.57 Å². The number of unbranched alkanes of at least 4 members (excludes halogenated alkanes) is 1. The quantitative estimate of drug-likeness (QED) is 0.299. The summed E-state index contributed by atoms with van der Waals surface area (Å²) in [5.74, 6) is 0.297. The smallest absolute Gasteiger partial charge is 0.208 e. The molecule has 152 valence electrons. The van der Waals surface area contributed by atoms with Crippen LogP contribution in [0.5, 0.6) is 0 Å². The van der Waals surface area contributed by atoms with Gasteiger partial charge in [0.25, 0.3) is 0 Å². The molecule has 3 nitrogen and oxygen atoms in total. The van der Waals surface area contributed by atoms with Gasteiger partial charge < -0.3 is 8.98 Å². The molecule has 0 spiro atoms. The van der Waals surface area contributed by atoms with Crippen LogP contribution < -0.4 is 0 Å². The minimum Gasteiger partial charge on any atom is -0.445 e. The van der Waals surface area contributed by atoms with Gasteiger partial charge in [-0.1, -0.05) is 80.1 Å². The molecular formula is C28H24N2O. The summed E-state index contributed by atoms with van der Waals surface area (Å²) in [6.07, 6.45) is 2.23. The molecule has 2 heterocycles. The second-order valence-corrected chi connectivity index (χ2v) is 7.93. The first kappa shape index (κ1) is 19.2. The van der Waals surface area contributed by atoms with E-state index in [2.05, 4.69) is 78.2 Å². The number of nitrogens with zero attached hydrogens (tertiary/aromatic N) is 2. The lowest BCUT2D eigenvalue weighted by Crippen LogP contribution is -2.11. The molecule has 0 aliphatic carbocycles. The third kappa shape index (κ3) is 3.31. The van der Waals surface area contributed by atoms with Crippen molar-refractivity contribution >= 4 is 21.9 Å². The van der Waals surface area contributed by atoms with E-state index in [0.29, 0.717) is 5.76 Å². The second-order valence-electron chi connectivity index (χ2n) is 7.93. The van der Waals surface area contributed by atoms with Crippen LogP contribution in [0.1, 0.15) is 48.3 Å². The van der Waals surface area contributed by atoms with Crippen LogP contribution in [0, 0.1) is 11.3 Å². The summed E-state index contributed by atoms with van der Waals surface area (Å²) in [4.78, 5) is 0. The first-order chi connectivity index (χ1) is 15.3. The Morgan fingerprint density at radius 2 is 1.68 bits per heavy atom. The van der Waals surface area contributed by atoms with E-state index >= 15 is 0 Å². The summed E-state index contributed by atoms with van der Waals surface area (Å²) >= 11 is 0. The van der Waals surface area contributed by atoms with Crippen LogP contribution in [0.25, 0.3) is 21.9 Å². The zero-order valence-corrected chi connectivity index (χ0v) is 17.6. The normalized spacial score (nSPS) is 12.3. The van der Waals surface area contributed by atoms with Gasteiger partial charge in [-0.2, -0.15) is 5.26 Å². The number of fused-ring (bicyclic) bond motifs is 2. The Balaban J connectivity index is 1.84.